The number of imidazole rings is 1. The van der Waals surface area contributed by atoms with Gasteiger partial charge in [0.1, 0.15) is 11.9 Å². The third kappa shape index (κ3) is 5.17. The first-order chi connectivity index (χ1) is 17.2. The molecule has 1 heterocycles. The maximum absolute atomic E-state index is 12.8. The molecule has 0 fully saturated rings. The molecular formula is C29H27N3O3. The van der Waals surface area contributed by atoms with Crippen LogP contribution >= 0.6 is 0 Å². The van der Waals surface area contributed by atoms with E-state index in [0.29, 0.717) is 24.3 Å². The van der Waals surface area contributed by atoms with Gasteiger partial charge in [0.15, 0.2) is 5.78 Å². The molecule has 1 aromatic heterocycles. The zero-order valence-electron chi connectivity index (χ0n) is 19.4. The van der Waals surface area contributed by atoms with Gasteiger partial charge in [-0.3, -0.25) is 9.59 Å². The van der Waals surface area contributed by atoms with Crippen LogP contribution in [0.5, 0.6) is 5.75 Å². The van der Waals surface area contributed by atoms with Gasteiger partial charge in [0.05, 0.1) is 12.9 Å². The fraction of sp³-hybridized carbons (Fsp3) is 0.207. The lowest BCUT2D eigenvalue weighted by Crippen LogP contribution is -2.25. The van der Waals surface area contributed by atoms with E-state index in [4.69, 9.17) is 4.74 Å². The van der Waals surface area contributed by atoms with E-state index in [1.807, 2.05) is 71.4 Å². The van der Waals surface area contributed by atoms with E-state index in [9.17, 15) is 9.59 Å². The number of hydrogen-bond acceptors (Lipinski definition) is 4. The molecule has 176 valence electrons. The number of carbonyl (C=O) groups excluding carboxylic acids is 2. The second-order valence-corrected chi connectivity index (χ2v) is 8.67. The van der Waals surface area contributed by atoms with Gasteiger partial charge in [-0.2, -0.15) is 0 Å². The van der Waals surface area contributed by atoms with E-state index in [0.717, 1.165) is 35.1 Å². The van der Waals surface area contributed by atoms with E-state index in [1.54, 1.807) is 24.7 Å². The fourth-order valence-electron chi connectivity index (χ4n) is 4.56. The van der Waals surface area contributed by atoms with Gasteiger partial charge in [-0.1, -0.05) is 48.5 Å². The number of aromatic nitrogens is 2. The number of Topliss-reactive ketones (excluding diaryl/α,β-unsaturated/α-hetero) is 1. The normalized spacial score (nSPS) is 13.7. The Labute approximate surface area is 204 Å². The van der Waals surface area contributed by atoms with Crippen LogP contribution in [-0.4, -0.2) is 21.2 Å². The second-order valence-electron chi connectivity index (χ2n) is 8.67. The minimum Gasteiger partial charge on any atom is -0.483 e. The van der Waals surface area contributed by atoms with Crippen molar-refractivity contribution in [2.45, 2.75) is 38.5 Å². The highest BCUT2D eigenvalue weighted by atomic mass is 16.5. The topological polar surface area (TPSA) is 73.2 Å². The Bertz CT molecular complexity index is 1300. The summed E-state index contributed by atoms with van der Waals surface area (Å²) in [4.78, 5) is 29.6. The summed E-state index contributed by atoms with van der Waals surface area (Å²) in [6.07, 6.45) is 7.29. The highest BCUT2D eigenvalue weighted by Gasteiger charge is 2.25. The monoisotopic (exact) mass is 465 g/mol. The van der Waals surface area contributed by atoms with Crippen molar-refractivity contribution in [3.63, 3.8) is 0 Å². The molecule has 6 nitrogen and oxygen atoms in total. The zero-order valence-corrected chi connectivity index (χ0v) is 19.4. The van der Waals surface area contributed by atoms with E-state index in [-0.39, 0.29) is 24.3 Å². The number of ketones is 1. The van der Waals surface area contributed by atoms with Crippen molar-refractivity contribution in [3.8, 4) is 5.75 Å². The molecule has 35 heavy (non-hydrogen) atoms. The maximum Gasteiger partial charge on any atom is 0.251 e. The van der Waals surface area contributed by atoms with Crippen molar-refractivity contribution in [2.24, 2.45) is 0 Å². The molecule has 6 heteroatoms. The first-order valence-electron chi connectivity index (χ1n) is 11.9. The van der Waals surface area contributed by atoms with Crippen LogP contribution in [0, 0.1) is 0 Å². The molecule has 0 radical (unpaired) electrons. The predicted octanol–water partition coefficient (Wildman–Crippen LogP) is 5.15. The summed E-state index contributed by atoms with van der Waals surface area (Å²) in [5.41, 5.74) is 4.21. The van der Waals surface area contributed by atoms with Crippen LogP contribution in [-0.2, 0) is 19.5 Å². The fourth-order valence-corrected chi connectivity index (χ4v) is 4.56. The third-order valence-electron chi connectivity index (χ3n) is 6.36. The largest absolute Gasteiger partial charge is 0.483 e. The molecule has 0 spiro atoms. The minimum atomic E-state index is -0.272. The minimum absolute atomic E-state index is 0.145. The van der Waals surface area contributed by atoms with Crippen molar-refractivity contribution in [1.29, 1.82) is 0 Å². The highest BCUT2D eigenvalue weighted by molar-refractivity contribution is 5.99. The highest BCUT2D eigenvalue weighted by Crippen LogP contribution is 2.34. The number of ether oxygens (including phenoxy) is 1. The molecule has 1 amide bonds. The molecule has 0 bridgehead atoms. The van der Waals surface area contributed by atoms with Gasteiger partial charge in [-0.15, -0.1) is 0 Å². The first kappa shape index (κ1) is 22.6. The van der Waals surface area contributed by atoms with Gasteiger partial charge in [0.2, 0.25) is 0 Å². The lowest BCUT2D eigenvalue weighted by Gasteiger charge is -2.26. The molecule has 1 atom stereocenters. The van der Waals surface area contributed by atoms with Crippen LogP contribution in [0.25, 0.3) is 0 Å². The number of nitrogens with zero attached hydrogens (tertiary/aromatic N) is 2. The van der Waals surface area contributed by atoms with Crippen LogP contribution in [0.4, 0.5) is 0 Å². The molecule has 0 saturated heterocycles. The Morgan fingerprint density at radius 1 is 1.00 bits per heavy atom. The molecule has 0 saturated carbocycles. The summed E-state index contributed by atoms with van der Waals surface area (Å²) in [6, 6.07) is 22.9. The number of benzene rings is 3. The zero-order chi connectivity index (χ0) is 24.0. The average Bonchev–Trinajstić information content (AvgIpc) is 3.42. The molecule has 3 aromatic carbocycles. The third-order valence-corrected chi connectivity index (χ3v) is 6.36. The van der Waals surface area contributed by atoms with Gasteiger partial charge >= 0.3 is 0 Å². The summed E-state index contributed by atoms with van der Waals surface area (Å²) < 4.78 is 8.62. The summed E-state index contributed by atoms with van der Waals surface area (Å²) in [6.45, 7) is 0.863. The lowest BCUT2D eigenvalue weighted by atomic mass is 9.86. The second kappa shape index (κ2) is 10.4. The number of hydrogen-bond donors (Lipinski definition) is 1. The van der Waals surface area contributed by atoms with E-state index >= 15 is 0 Å². The van der Waals surface area contributed by atoms with E-state index in [1.165, 1.54) is 0 Å². The Hall–Kier alpha value is -4.19. The predicted molar refractivity (Wildman–Crippen MR) is 133 cm³/mol. The Morgan fingerprint density at radius 2 is 1.77 bits per heavy atom. The number of carbonyl (C=O) groups is 2. The van der Waals surface area contributed by atoms with Crippen LogP contribution in [0.2, 0.25) is 0 Å². The molecule has 0 aliphatic heterocycles. The van der Waals surface area contributed by atoms with E-state index < -0.39 is 0 Å². The first-order valence-corrected chi connectivity index (χ1v) is 11.9. The number of fused-ring (bicyclic) bond motifs is 1. The van der Waals surface area contributed by atoms with Crippen LogP contribution in [0.15, 0.2) is 91.5 Å². The lowest BCUT2D eigenvalue weighted by molar-refractivity contribution is 0.0949. The van der Waals surface area contributed by atoms with Crippen LogP contribution in [0.3, 0.4) is 0 Å². The average molecular weight is 466 g/mol. The number of nitrogens with one attached hydrogen (secondary N) is 1. The number of rotatable bonds is 8. The molecular weight excluding hydrogens is 438 g/mol. The van der Waals surface area contributed by atoms with Crippen molar-refractivity contribution in [3.05, 3.63) is 119 Å². The van der Waals surface area contributed by atoms with Crippen molar-refractivity contribution in [2.75, 3.05) is 0 Å². The summed E-state index contributed by atoms with van der Waals surface area (Å²) in [5, 5.41) is 3.03. The molecule has 1 aliphatic carbocycles. The van der Waals surface area contributed by atoms with Gasteiger partial charge < -0.3 is 14.6 Å². The maximum atomic E-state index is 12.8. The summed E-state index contributed by atoms with van der Waals surface area (Å²) in [7, 11) is 0. The molecule has 5 rings (SSSR count). The number of amides is 1. The van der Waals surface area contributed by atoms with Crippen LogP contribution < -0.4 is 10.1 Å². The van der Waals surface area contributed by atoms with Gasteiger partial charge in [-0.25, -0.2) is 4.98 Å². The Kier molecular flexibility index (Phi) is 6.70. The Balaban J connectivity index is 1.48. The Morgan fingerprint density at radius 3 is 2.51 bits per heavy atom. The van der Waals surface area contributed by atoms with Crippen molar-refractivity contribution >= 4 is 11.7 Å². The van der Waals surface area contributed by atoms with E-state index in [2.05, 4.69) is 10.3 Å². The van der Waals surface area contributed by atoms with Crippen molar-refractivity contribution < 1.29 is 14.3 Å². The molecule has 4 aromatic rings. The van der Waals surface area contributed by atoms with Crippen molar-refractivity contribution in [1.82, 2.24) is 14.9 Å². The van der Waals surface area contributed by atoms with Gasteiger partial charge in [0, 0.05) is 42.0 Å². The molecule has 1 N–H and O–H groups in total. The van der Waals surface area contributed by atoms with Crippen LogP contribution in [0.1, 0.15) is 56.4 Å². The standard InChI is InChI=1S/C29H27N3O3/c33-26-13-7-12-23-24(26)14-15-27(25(23)18-31-29(34)22-10-5-2-6-11-22)35-28(19-32-17-16-30-20-32)21-8-3-1-4-9-21/h1-6,8-11,14-17,20,28H,7,12-13,18-19H2,(H,31,34). The molecule has 1 unspecified atom stereocenters. The van der Waals surface area contributed by atoms with Gasteiger partial charge in [0.25, 0.3) is 5.91 Å². The summed E-state index contributed by atoms with van der Waals surface area (Å²) in [5.74, 6) is 0.668. The quantitative estimate of drug-likeness (QED) is 0.390. The SMILES string of the molecule is O=C(NCc1c(OC(Cn2ccnc2)c2ccccc2)ccc2c1CCCC2=O)c1ccccc1. The molecule has 1 aliphatic rings. The summed E-state index contributed by atoms with van der Waals surface area (Å²) >= 11 is 0. The van der Waals surface area contributed by atoms with Gasteiger partial charge in [-0.05, 0) is 48.2 Å². The smallest absolute Gasteiger partial charge is 0.251 e.